The molecule has 1 aliphatic rings. The highest BCUT2D eigenvalue weighted by Crippen LogP contribution is 2.31. The highest BCUT2D eigenvalue weighted by Gasteiger charge is 2.37. The van der Waals surface area contributed by atoms with Crippen molar-refractivity contribution in [3.05, 3.63) is 35.9 Å². The Bertz CT molecular complexity index is 366. The summed E-state index contributed by atoms with van der Waals surface area (Å²) >= 11 is 0. The van der Waals surface area contributed by atoms with Crippen molar-refractivity contribution in [3.63, 3.8) is 0 Å². The Kier molecular flexibility index (Phi) is 4.38. The summed E-state index contributed by atoms with van der Waals surface area (Å²) in [7, 11) is 4.13. The molecule has 2 rings (SSSR count). The minimum absolute atomic E-state index is 0.124. The predicted molar refractivity (Wildman–Crippen MR) is 72.3 cm³/mol. The molecule has 2 unspecified atom stereocenters. The van der Waals surface area contributed by atoms with E-state index in [1.54, 1.807) is 0 Å². The van der Waals surface area contributed by atoms with Gasteiger partial charge in [0.15, 0.2) is 0 Å². The lowest BCUT2D eigenvalue weighted by atomic mass is 10.1. The van der Waals surface area contributed by atoms with E-state index in [1.165, 1.54) is 5.56 Å². The fourth-order valence-electron chi connectivity index (χ4n) is 2.23. The molecule has 0 bridgehead atoms. The molecule has 18 heavy (non-hydrogen) atoms. The number of nitrogens with zero attached hydrogens (tertiary/aromatic N) is 1. The van der Waals surface area contributed by atoms with E-state index in [9.17, 15) is 0 Å². The van der Waals surface area contributed by atoms with Crippen LogP contribution in [0, 0.1) is 0 Å². The van der Waals surface area contributed by atoms with Gasteiger partial charge in [-0.05, 0) is 39.4 Å². The lowest BCUT2D eigenvalue weighted by Gasteiger charge is -2.32. The molecular formula is C15H23NO2. The molecule has 0 spiro atoms. The van der Waals surface area contributed by atoms with Gasteiger partial charge in [0.2, 0.25) is 0 Å². The van der Waals surface area contributed by atoms with Gasteiger partial charge in [0.05, 0.1) is 19.3 Å². The average Bonchev–Trinajstić information content (AvgIpc) is 2.74. The van der Waals surface area contributed by atoms with Crippen molar-refractivity contribution in [2.24, 2.45) is 0 Å². The quantitative estimate of drug-likeness (QED) is 0.801. The normalized spacial score (nSPS) is 27.9. The van der Waals surface area contributed by atoms with Crippen LogP contribution in [-0.2, 0) is 16.1 Å². The molecule has 1 aliphatic heterocycles. The van der Waals surface area contributed by atoms with Crippen molar-refractivity contribution in [2.45, 2.75) is 38.2 Å². The van der Waals surface area contributed by atoms with E-state index in [4.69, 9.17) is 9.47 Å². The Morgan fingerprint density at radius 1 is 1.33 bits per heavy atom. The van der Waals surface area contributed by atoms with Crippen molar-refractivity contribution in [3.8, 4) is 0 Å². The predicted octanol–water partition coefficient (Wildman–Crippen LogP) is 2.66. The van der Waals surface area contributed by atoms with Crippen LogP contribution in [0.1, 0.15) is 25.3 Å². The average molecular weight is 249 g/mol. The zero-order chi connectivity index (χ0) is 13.0. The van der Waals surface area contributed by atoms with E-state index in [1.807, 2.05) is 18.2 Å². The van der Waals surface area contributed by atoms with Crippen LogP contribution in [0.3, 0.4) is 0 Å². The van der Waals surface area contributed by atoms with Crippen molar-refractivity contribution >= 4 is 0 Å². The summed E-state index contributed by atoms with van der Waals surface area (Å²) in [6.45, 7) is 3.49. The number of ether oxygens (including phenoxy) is 2. The summed E-state index contributed by atoms with van der Waals surface area (Å²) < 4.78 is 11.8. The summed E-state index contributed by atoms with van der Waals surface area (Å²) in [6.07, 6.45) is 2.36. The van der Waals surface area contributed by atoms with E-state index in [0.29, 0.717) is 13.2 Å². The van der Waals surface area contributed by atoms with Crippen LogP contribution in [0.4, 0.5) is 0 Å². The van der Waals surface area contributed by atoms with Crippen molar-refractivity contribution in [1.29, 1.82) is 0 Å². The van der Waals surface area contributed by atoms with E-state index in [2.05, 4.69) is 38.1 Å². The third-order valence-corrected chi connectivity index (χ3v) is 3.71. The first-order valence-corrected chi connectivity index (χ1v) is 6.57. The Labute approximate surface area is 110 Å². The van der Waals surface area contributed by atoms with E-state index >= 15 is 0 Å². The zero-order valence-corrected chi connectivity index (χ0v) is 11.6. The van der Waals surface area contributed by atoms with Gasteiger partial charge in [-0.25, -0.2) is 0 Å². The summed E-state index contributed by atoms with van der Waals surface area (Å²) in [5.74, 6) is 0. The van der Waals surface area contributed by atoms with Crippen LogP contribution in [-0.4, -0.2) is 37.4 Å². The van der Waals surface area contributed by atoms with Gasteiger partial charge in [0.1, 0.15) is 5.72 Å². The van der Waals surface area contributed by atoms with E-state index < -0.39 is 0 Å². The van der Waals surface area contributed by atoms with E-state index in [0.717, 1.165) is 12.8 Å². The van der Waals surface area contributed by atoms with Gasteiger partial charge < -0.3 is 9.47 Å². The lowest BCUT2D eigenvalue weighted by molar-refractivity contribution is -0.131. The minimum atomic E-state index is -0.124. The molecule has 1 fully saturated rings. The van der Waals surface area contributed by atoms with Crippen LogP contribution >= 0.6 is 0 Å². The second-order valence-corrected chi connectivity index (χ2v) is 5.35. The van der Waals surface area contributed by atoms with Crippen molar-refractivity contribution in [1.82, 2.24) is 4.90 Å². The first-order valence-electron chi connectivity index (χ1n) is 6.57. The molecule has 3 nitrogen and oxygen atoms in total. The van der Waals surface area contributed by atoms with Crippen molar-refractivity contribution < 1.29 is 9.47 Å². The standard InChI is InChI=1S/C15H23NO2/c1-15(16(2)3)10-9-14(18-15)12-17-11-13-7-5-4-6-8-13/h4-8,14H,9-12H2,1-3H3. The summed E-state index contributed by atoms with van der Waals surface area (Å²) in [5, 5.41) is 0. The number of hydrogen-bond donors (Lipinski definition) is 0. The third kappa shape index (κ3) is 3.31. The second kappa shape index (κ2) is 5.83. The first kappa shape index (κ1) is 13.5. The van der Waals surface area contributed by atoms with Gasteiger partial charge in [-0.1, -0.05) is 30.3 Å². The summed E-state index contributed by atoms with van der Waals surface area (Å²) in [5.41, 5.74) is 1.09. The SMILES string of the molecule is CN(C)C1(C)CCC(COCc2ccccc2)O1. The molecule has 100 valence electrons. The van der Waals surface area contributed by atoms with Gasteiger partial charge in [-0.2, -0.15) is 0 Å². The number of hydrogen-bond acceptors (Lipinski definition) is 3. The molecule has 1 heterocycles. The molecule has 0 aliphatic carbocycles. The highest BCUT2D eigenvalue weighted by atomic mass is 16.6. The Morgan fingerprint density at radius 3 is 2.67 bits per heavy atom. The highest BCUT2D eigenvalue weighted by molar-refractivity contribution is 5.13. The molecule has 0 aromatic heterocycles. The maximum atomic E-state index is 6.05. The minimum Gasteiger partial charge on any atom is -0.374 e. The second-order valence-electron chi connectivity index (χ2n) is 5.35. The summed E-state index contributed by atoms with van der Waals surface area (Å²) in [4.78, 5) is 2.14. The lowest BCUT2D eigenvalue weighted by Crippen LogP contribution is -2.41. The maximum Gasteiger partial charge on any atom is 0.118 e. The molecular weight excluding hydrogens is 226 g/mol. The number of benzene rings is 1. The molecule has 0 saturated carbocycles. The molecule has 1 aromatic carbocycles. The Balaban J connectivity index is 1.73. The van der Waals surface area contributed by atoms with Crippen LogP contribution in [0.15, 0.2) is 30.3 Å². The molecule has 1 aromatic rings. The molecule has 3 heteroatoms. The summed E-state index contributed by atoms with van der Waals surface area (Å²) in [6, 6.07) is 10.3. The van der Waals surface area contributed by atoms with Gasteiger partial charge in [0.25, 0.3) is 0 Å². The topological polar surface area (TPSA) is 21.7 Å². The molecule has 1 saturated heterocycles. The monoisotopic (exact) mass is 249 g/mol. The van der Waals surface area contributed by atoms with Gasteiger partial charge in [0, 0.05) is 0 Å². The van der Waals surface area contributed by atoms with Crippen LogP contribution in [0.25, 0.3) is 0 Å². The fraction of sp³-hybridized carbons (Fsp3) is 0.600. The van der Waals surface area contributed by atoms with Crippen LogP contribution in [0.2, 0.25) is 0 Å². The Hall–Kier alpha value is -0.900. The molecule has 0 N–H and O–H groups in total. The van der Waals surface area contributed by atoms with Gasteiger partial charge >= 0.3 is 0 Å². The van der Waals surface area contributed by atoms with Crippen molar-refractivity contribution in [2.75, 3.05) is 20.7 Å². The fourth-order valence-corrected chi connectivity index (χ4v) is 2.23. The third-order valence-electron chi connectivity index (χ3n) is 3.71. The van der Waals surface area contributed by atoms with Gasteiger partial charge in [-0.15, -0.1) is 0 Å². The smallest absolute Gasteiger partial charge is 0.118 e. The maximum absolute atomic E-state index is 6.05. The Morgan fingerprint density at radius 2 is 2.06 bits per heavy atom. The van der Waals surface area contributed by atoms with E-state index in [-0.39, 0.29) is 11.8 Å². The molecule has 2 atom stereocenters. The number of rotatable bonds is 5. The largest absolute Gasteiger partial charge is 0.374 e. The first-order chi connectivity index (χ1) is 8.60. The van der Waals surface area contributed by atoms with Crippen LogP contribution < -0.4 is 0 Å². The molecule has 0 radical (unpaired) electrons. The molecule has 0 amide bonds. The van der Waals surface area contributed by atoms with Crippen LogP contribution in [0.5, 0.6) is 0 Å². The van der Waals surface area contributed by atoms with Gasteiger partial charge in [-0.3, -0.25) is 4.90 Å². The zero-order valence-electron chi connectivity index (χ0n) is 11.6.